The topological polar surface area (TPSA) is 189 Å². The Kier molecular flexibility index (Phi) is 19.6. The number of benzene rings is 5. The summed E-state index contributed by atoms with van der Waals surface area (Å²) in [7, 11) is 14.2. The van der Waals surface area contributed by atoms with Crippen molar-refractivity contribution in [3.8, 4) is 79.3 Å². The van der Waals surface area contributed by atoms with Gasteiger partial charge >= 0.3 is 11.9 Å². The molecule has 17 nitrogen and oxygen atoms in total. The van der Waals surface area contributed by atoms with Crippen molar-refractivity contribution in [2.75, 3.05) is 82.9 Å². The number of aromatic nitrogens is 2. The Labute approximate surface area is 505 Å². The van der Waals surface area contributed by atoms with Gasteiger partial charge in [0.15, 0.2) is 0 Å². The third-order valence-electron chi connectivity index (χ3n) is 15.3. The molecule has 2 aromatic heterocycles. The van der Waals surface area contributed by atoms with Crippen LogP contribution < -0.4 is 39.1 Å². The van der Waals surface area contributed by atoms with Crippen LogP contribution in [-0.2, 0) is 27.2 Å². The van der Waals surface area contributed by atoms with Crippen molar-refractivity contribution in [3.05, 3.63) is 154 Å². The van der Waals surface area contributed by atoms with Gasteiger partial charge in [0.1, 0.15) is 57.0 Å². The van der Waals surface area contributed by atoms with Gasteiger partial charge in [0.05, 0.1) is 74.2 Å². The number of hydrogen-bond acceptors (Lipinski definition) is 15. The molecule has 2 aliphatic rings. The molecule has 1 fully saturated rings. The molecule has 0 unspecified atom stereocenters. The van der Waals surface area contributed by atoms with Gasteiger partial charge in [-0.15, -0.1) is 0 Å². The molecular weight excluding hydrogens is 1120 g/mol. The summed E-state index contributed by atoms with van der Waals surface area (Å²) in [5.41, 5.74) is 2.25. The van der Waals surface area contributed by atoms with Crippen molar-refractivity contribution in [1.82, 2.24) is 30.4 Å². The average molecular weight is 1190 g/mol. The number of rotatable bonds is 24. The molecule has 2 aliphatic carbocycles. The number of hydrogen-bond donors (Lipinski definition) is 2. The van der Waals surface area contributed by atoms with Crippen molar-refractivity contribution < 1.29 is 52.3 Å². The van der Waals surface area contributed by atoms with E-state index in [1.807, 2.05) is 52.5 Å². The molecule has 0 spiro atoms. The number of carbonyl (C=O) groups is 4. The Balaban J connectivity index is 1.03. The van der Waals surface area contributed by atoms with E-state index < -0.39 is 34.8 Å². The van der Waals surface area contributed by atoms with E-state index in [9.17, 15) is 14.4 Å². The molecule has 0 bridgehead atoms. The Hall–Kier alpha value is -8.22. The highest BCUT2D eigenvalue weighted by atomic mass is 35.5. The number of ether oxygens (including phenoxy) is 7. The van der Waals surface area contributed by atoms with Gasteiger partial charge in [0.25, 0.3) is 11.8 Å². The maximum Gasteiger partial charge on any atom is 0.340 e. The molecule has 2 heterocycles. The van der Waals surface area contributed by atoms with Crippen molar-refractivity contribution >= 4 is 47.0 Å². The molecule has 85 heavy (non-hydrogen) atoms. The molecule has 9 rings (SSSR count). The Morgan fingerprint density at radius 1 is 0.506 bits per heavy atom. The summed E-state index contributed by atoms with van der Waals surface area (Å²) >= 11 is 13.4. The Morgan fingerprint density at radius 2 is 0.906 bits per heavy atom. The molecule has 444 valence electrons. The maximum atomic E-state index is 15.1. The van der Waals surface area contributed by atoms with Crippen LogP contribution in [0.4, 0.5) is 0 Å². The van der Waals surface area contributed by atoms with E-state index in [2.05, 4.69) is 20.4 Å². The van der Waals surface area contributed by atoms with E-state index in [4.69, 9.17) is 66.3 Å². The van der Waals surface area contributed by atoms with Crippen molar-refractivity contribution in [2.45, 2.75) is 62.4 Å². The summed E-state index contributed by atoms with van der Waals surface area (Å²) in [6.45, 7) is 2.41. The van der Waals surface area contributed by atoms with Crippen LogP contribution in [0.1, 0.15) is 70.6 Å². The lowest BCUT2D eigenvalue weighted by molar-refractivity contribution is -0.168. The van der Waals surface area contributed by atoms with Crippen LogP contribution in [0.25, 0.3) is 44.8 Å². The zero-order valence-corrected chi connectivity index (χ0v) is 50.6. The highest BCUT2D eigenvalue weighted by Crippen LogP contribution is 2.46. The first-order valence-corrected chi connectivity index (χ1v) is 28.8. The molecule has 2 N–H and O–H groups in total. The summed E-state index contributed by atoms with van der Waals surface area (Å²) in [5, 5.41) is 6.75. The predicted molar refractivity (Wildman–Crippen MR) is 328 cm³/mol. The highest BCUT2D eigenvalue weighted by molar-refractivity contribution is 6.32. The number of carbonyl (C=O) groups excluding carboxylic acids is 4. The first kappa shape index (κ1) is 61.3. The average Bonchev–Trinajstić information content (AvgIpc) is 2.59. The molecule has 0 saturated heterocycles. The van der Waals surface area contributed by atoms with Crippen LogP contribution in [0, 0.1) is 0 Å². The summed E-state index contributed by atoms with van der Waals surface area (Å²) in [4.78, 5) is 73.8. The lowest BCUT2D eigenvalue weighted by Gasteiger charge is -2.31. The van der Waals surface area contributed by atoms with Crippen molar-refractivity contribution in [3.63, 3.8) is 0 Å². The molecule has 0 atom stereocenters. The first-order chi connectivity index (χ1) is 41.0. The van der Waals surface area contributed by atoms with Crippen LogP contribution in [-0.4, -0.2) is 138 Å². The standard InChI is InChI=1S/C66H70Cl2N6O11/c1-73(2)33-15-35-83-55-37-41(23-27-47(55)67)59-45(57-51(79-5)19-13-20-52(57)80-6)25-29-49(69-59)61(75)71-65(31-11-12-32-65)63(77)85-64(78)66(39-43-17-9-10-18-44(43)40-66)72-62(76)50-30-26-46(58-53(81-7)21-14-22-54(58)82-8)60(70-50)42-24-28-48(68)56(38-42)84-36-16-34-74(3)4/h9-10,13-14,17-30,37-38H,11-12,15-16,31-36,39-40H2,1-8H3,(H,71,75)(H,72,76). The minimum atomic E-state index is -1.78. The number of esters is 2. The number of methoxy groups -OCH3 is 4. The largest absolute Gasteiger partial charge is 0.496 e. The van der Waals surface area contributed by atoms with E-state index in [0.29, 0.717) is 115 Å². The summed E-state index contributed by atoms with van der Waals surface area (Å²) in [6.07, 6.45) is 2.93. The first-order valence-electron chi connectivity index (χ1n) is 28.1. The number of pyridine rings is 2. The van der Waals surface area contributed by atoms with Gasteiger partial charge in [-0.1, -0.05) is 84.6 Å². The van der Waals surface area contributed by atoms with E-state index >= 15 is 4.79 Å². The second-order valence-corrected chi connectivity index (χ2v) is 22.5. The molecule has 5 aromatic carbocycles. The normalized spacial score (nSPS) is 13.9. The molecular formula is C66H70Cl2N6O11. The quantitative estimate of drug-likeness (QED) is 0.0330. The fourth-order valence-electron chi connectivity index (χ4n) is 11.0. The SMILES string of the molecule is COc1cccc(OC)c1-c1ccc(C(=O)NC2(C(=O)OC(=O)C3(NC(=O)c4ccc(-c5c(OC)cccc5OC)c(-c5ccc(Cl)c(OCCCN(C)C)c5)n4)Cc4ccccc4C3)CCCC2)nc1-c1ccc(Cl)c(OCCCN(C)C)c1. The summed E-state index contributed by atoms with van der Waals surface area (Å²) in [5.74, 6) is -0.519. The van der Waals surface area contributed by atoms with Crippen molar-refractivity contribution in [1.29, 1.82) is 0 Å². The van der Waals surface area contributed by atoms with Crippen LogP contribution in [0.15, 0.2) is 121 Å². The Bertz CT molecular complexity index is 3540. The van der Waals surface area contributed by atoms with Gasteiger partial charge in [0, 0.05) is 48.2 Å². The second-order valence-electron chi connectivity index (χ2n) is 21.6. The van der Waals surface area contributed by atoms with E-state index in [1.165, 1.54) is 0 Å². The molecule has 0 radical (unpaired) electrons. The number of nitrogens with zero attached hydrogens (tertiary/aromatic N) is 4. The zero-order chi connectivity index (χ0) is 60.4. The Morgan fingerprint density at radius 3 is 1.31 bits per heavy atom. The third kappa shape index (κ3) is 13.7. The number of halogens is 2. The van der Waals surface area contributed by atoms with Gasteiger partial charge in [-0.3, -0.25) is 9.59 Å². The van der Waals surface area contributed by atoms with E-state index in [-0.39, 0.29) is 37.1 Å². The number of amides is 2. The fraction of sp³-hybridized carbons (Fsp3) is 0.333. The molecule has 0 aliphatic heterocycles. The van der Waals surface area contributed by atoms with Gasteiger partial charge in [0.2, 0.25) is 0 Å². The summed E-state index contributed by atoms with van der Waals surface area (Å²) in [6, 6.07) is 35.3. The van der Waals surface area contributed by atoms with Crippen LogP contribution in [0.2, 0.25) is 10.0 Å². The van der Waals surface area contributed by atoms with Gasteiger partial charge in [-0.05, 0) is 138 Å². The van der Waals surface area contributed by atoms with Gasteiger partial charge in [-0.25, -0.2) is 19.6 Å². The molecule has 7 aromatic rings. The molecule has 19 heteroatoms. The number of fused-ring (bicyclic) bond motifs is 1. The minimum Gasteiger partial charge on any atom is -0.496 e. The van der Waals surface area contributed by atoms with E-state index in [0.717, 1.165) is 37.1 Å². The van der Waals surface area contributed by atoms with Gasteiger partial charge < -0.3 is 53.6 Å². The number of nitrogens with one attached hydrogen (secondary N) is 2. The summed E-state index contributed by atoms with van der Waals surface area (Å²) < 4.78 is 41.6. The highest BCUT2D eigenvalue weighted by Gasteiger charge is 2.51. The molecule has 1 saturated carbocycles. The third-order valence-corrected chi connectivity index (χ3v) is 15.9. The second kappa shape index (κ2) is 27.2. The fourth-order valence-corrected chi connectivity index (χ4v) is 11.3. The minimum absolute atomic E-state index is 0.000980. The smallest absolute Gasteiger partial charge is 0.340 e. The molecule has 2 amide bonds. The van der Waals surface area contributed by atoms with Crippen LogP contribution in [0.5, 0.6) is 34.5 Å². The monoisotopic (exact) mass is 1190 g/mol. The zero-order valence-electron chi connectivity index (χ0n) is 49.1. The van der Waals surface area contributed by atoms with Crippen LogP contribution >= 0.6 is 23.2 Å². The van der Waals surface area contributed by atoms with Crippen molar-refractivity contribution in [2.24, 2.45) is 0 Å². The maximum absolute atomic E-state index is 15.1. The van der Waals surface area contributed by atoms with Gasteiger partial charge in [-0.2, -0.15) is 0 Å². The lowest BCUT2D eigenvalue weighted by atomic mass is 9.93. The van der Waals surface area contributed by atoms with Crippen LogP contribution in [0.3, 0.4) is 0 Å². The predicted octanol–water partition coefficient (Wildman–Crippen LogP) is 11.2. The lowest BCUT2D eigenvalue weighted by Crippen LogP contribution is -2.59. The van der Waals surface area contributed by atoms with E-state index in [1.54, 1.807) is 126 Å².